The van der Waals surface area contributed by atoms with Crippen LogP contribution in [0.4, 0.5) is 28.9 Å². The fourth-order valence-electron chi connectivity index (χ4n) is 3.37. The Morgan fingerprint density at radius 1 is 1.10 bits per heavy atom. The SMILES string of the molecule is CC1S/C(=N/N=C\c2ccc(C(N)=NC=Nc3ccc(OC(F)(F)F)cc3)cc2)N(c2c(F)cccc2Cl)C1=O. The molecule has 0 radical (unpaired) electrons. The molecule has 1 saturated heterocycles. The first-order chi connectivity index (χ1) is 19.0. The number of nitrogens with two attached hydrogens (primary N) is 1. The second-order valence-corrected chi connectivity index (χ2v) is 9.77. The maximum absolute atomic E-state index is 14.4. The van der Waals surface area contributed by atoms with Gasteiger partial charge >= 0.3 is 6.36 Å². The molecule has 0 bridgehead atoms. The summed E-state index contributed by atoms with van der Waals surface area (Å²) in [5, 5.41) is 7.93. The van der Waals surface area contributed by atoms with Crippen molar-refractivity contribution in [3.8, 4) is 5.75 Å². The lowest BCUT2D eigenvalue weighted by molar-refractivity contribution is -0.274. The number of alkyl halides is 3. The molecule has 0 saturated carbocycles. The molecule has 1 amide bonds. The molecule has 1 heterocycles. The number of halogens is 5. The van der Waals surface area contributed by atoms with Crippen LogP contribution >= 0.6 is 23.4 Å². The number of nitrogens with zero attached hydrogens (tertiary/aromatic N) is 5. The zero-order chi connectivity index (χ0) is 28.9. The second kappa shape index (κ2) is 12.3. The molecule has 1 atom stereocenters. The number of para-hydroxylation sites is 1. The van der Waals surface area contributed by atoms with Gasteiger partial charge in [-0.1, -0.05) is 53.7 Å². The van der Waals surface area contributed by atoms with Crippen LogP contribution in [0.5, 0.6) is 5.75 Å². The highest BCUT2D eigenvalue weighted by atomic mass is 35.5. The molecule has 1 aliphatic heterocycles. The van der Waals surface area contributed by atoms with Crippen molar-refractivity contribution in [2.45, 2.75) is 18.5 Å². The van der Waals surface area contributed by atoms with Crippen LogP contribution in [0.25, 0.3) is 0 Å². The maximum Gasteiger partial charge on any atom is 0.573 e. The fraction of sp³-hybridized carbons (Fsp3) is 0.115. The molecule has 14 heteroatoms. The monoisotopic (exact) mass is 590 g/mol. The summed E-state index contributed by atoms with van der Waals surface area (Å²) in [4.78, 5) is 21.8. The first kappa shape index (κ1) is 28.8. The number of thioether (sulfide) groups is 1. The van der Waals surface area contributed by atoms with E-state index in [4.69, 9.17) is 17.3 Å². The van der Waals surface area contributed by atoms with E-state index in [0.717, 1.165) is 28.8 Å². The molecule has 0 spiro atoms. The molecular formula is C26H19ClF4N6O2S. The van der Waals surface area contributed by atoms with Crippen molar-refractivity contribution >= 4 is 64.2 Å². The number of ether oxygens (including phenoxy) is 1. The molecule has 0 aliphatic carbocycles. The predicted molar refractivity (Wildman–Crippen MR) is 149 cm³/mol. The minimum atomic E-state index is -4.77. The van der Waals surface area contributed by atoms with Crippen molar-refractivity contribution in [3.63, 3.8) is 0 Å². The fourth-order valence-corrected chi connectivity index (χ4v) is 4.52. The number of carbonyl (C=O) groups excluding carboxylic acids is 1. The molecule has 1 aliphatic rings. The van der Waals surface area contributed by atoms with Gasteiger partial charge in [0.25, 0.3) is 0 Å². The minimum absolute atomic E-state index is 0.0740. The third kappa shape index (κ3) is 7.24. The number of aliphatic imine (C=N–C) groups is 2. The highest BCUT2D eigenvalue weighted by molar-refractivity contribution is 8.16. The van der Waals surface area contributed by atoms with Gasteiger partial charge in [-0.15, -0.1) is 18.3 Å². The van der Waals surface area contributed by atoms with Gasteiger partial charge in [0.15, 0.2) is 5.17 Å². The molecule has 4 rings (SSSR count). The van der Waals surface area contributed by atoms with Gasteiger partial charge in [0.1, 0.15) is 29.4 Å². The van der Waals surface area contributed by atoms with Crippen LogP contribution in [-0.2, 0) is 4.79 Å². The summed E-state index contributed by atoms with van der Waals surface area (Å²) in [5.41, 5.74) is 7.50. The summed E-state index contributed by atoms with van der Waals surface area (Å²) in [5.74, 6) is -1.22. The van der Waals surface area contributed by atoms with Crippen molar-refractivity contribution in [1.82, 2.24) is 0 Å². The van der Waals surface area contributed by atoms with Crippen LogP contribution in [0.3, 0.4) is 0 Å². The Hall–Kier alpha value is -4.23. The van der Waals surface area contributed by atoms with Crippen molar-refractivity contribution < 1.29 is 27.1 Å². The van der Waals surface area contributed by atoms with Crippen molar-refractivity contribution in [1.29, 1.82) is 0 Å². The van der Waals surface area contributed by atoms with E-state index < -0.39 is 17.4 Å². The number of amidine groups is 2. The number of amides is 1. The highest BCUT2D eigenvalue weighted by Gasteiger charge is 2.38. The third-order valence-corrected chi connectivity index (χ3v) is 6.57. The molecule has 1 fully saturated rings. The lowest BCUT2D eigenvalue weighted by atomic mass is 10.1. The molecule has 206 valence electrons. The van der Waals surface area contributed by atoms with Crippen LogP contribution in [0, 0.1) is 5.82 Å². The van der Waals surface area contributed by atoms with Crippen LogP contribution in [-0.4, -0.2) is 41.1 Å². The standard InChI is InChI=1S/C26H19ClF4N6O2S/c1-15-24(38)37(22-20(27)3-2-4-21(22)28)25(40-15)36-35-13-16-5-7-17(8-6-16)23(32)34-14-33-18-9-11-19(12-10-18)39-26(29,30)31/h2-15H,1H3,(H2,32,33,34)/b35-13-,36-25+. The molecule has 8 nitrogen and oxygen atoms in total. The predicted octanol–water partition coefficient (Wildman–Crippen LogP) is 6.30. The van der Waals surface area contributed by atoms with E-state index in [2.05, 4.69) is 24.9 Å². The van der Waals surface area contributed by atoms with Crippen molar-refractivity contribution in [2.24, 2.45) is 25.9 Å². The Morgan fingerprint density at radius 3 is 2.45 bits per heavy atom. The van der Waals surface area contributed by atoms with Gasteiger partial charge in [-0.3, -0.25) is 9.69 Å². The smallest absolute Gasteiger partial charge is 0.406 e. The Balaban J connectivity index is 1.41. The van der Waals surface area contributed by atoms with Gasteiger partial charge in [0.2, 0.25) is 5.91 Å². The summed E-state index contributed by atoms with van der Waals surface area (Å²) in [6.45, 7) is 1.68. The summed E-state index contributed by atoms with van der Waals surface area (Å²) in [7, 11) is 0. The molecular weight excluding hydrogens is 572 g/mol. The topological polar surface area (TPSA) is 105 Å². The number of anilines is 1. The average molecular weight is 591 g/mol. The van der Waals surface area contributed by atoms with Crippen molar-refractivity contribution in [3.05, 3.63) is 88.7 Å². The molecule has 3 aromatic rings. The Bertz CT molecular complexity index is 1490. The number of rotatable bonds is 7. The van der Waals surface area contributed by atoms with Crippen LogP contribution in [0.2, 0.25) is 5.02 Å². The second-order valence-electron chi connectivity index (χ2n) is 8.05. The van der Waals surface area contributed by atoms with Crippen LogP contribution < -0.4 is 15.4 Å². The number of hydrogen-bond donors (Lipinski definition) is 1. The van der Waals surface area contributed by atoms with E-state index in [1.165, 1.54) is 42.9 Å². The van der Waals surface area contributed by atoms with Gasteiger partial charge in [0.05, 0.1) is 22.2 Å². The lowest BCUT2D eigenvalue weighted by Gasteiger charge is -2.17. The Morgan fingerprint density at radius 2 is 1.80 bits per heavy atom. The van der Waals surface area contributed by atoms with Gasteiger partial charge in [-0.05, 0) is 48.9 Å². The van der Waals surface area contributed by atoms with Gasteiger partial charge in [0, 0.05) is 5.56 Å². The summed E-state index contributed by atoms with van der Waals surface area (Å²) in [6.07, 6.45) is -2.14. The molecule has 1 unspecified atom stereocenters. The molecule has 0 aromatic heterocycles. The highest BCUT2D eigenvalue weighted by Crippen LogP contribution is 2.37. The van der Waals surface area contributed by atoms with E-state index in [0.29, 0.717) is 16.8 Å². The number of carbonyl (C=O) groups is 1. The van der Waals surface area contributed by atoms with E-state index >= 15 is 0 Å². The summed E-state index contributed by atoms with van der Waals surface area (Å²) in [6, 6.07) is 15.9. The Labute approximate surface area is 234 Å². The van der Waals surface area contributed by atoms with E-state index in [-0.39, 0.29) is 33.4 Å². The third-order valence-electron chi connectivity index (χ3n) is 5.23. The maximum atomic E-state index is 14.4. The molecule has 40 heavy (non-hydrogen) atoms. The normalized spacial score (nSPS) is 17.5. The zero-order valence-electron chi connectivity index (χ0n) is 20.5. The average Bonchev–Trinajstić information content (AvgIpc) is 3.17. The first-order valence-electron chi connectivity index (χ1n) is 11.4. The molecule has 3 aromatic carbocycles. The molecule has 2 N–H and O–H groups in total. The minimum Gasteiger partial charge on any atom is -0.406 e. The van der Waals surface area contributed by atoms with Gasteiger partial charge in [-0.2, -0.15) is 5.10 Å². The van der Waals surface area contributed by atoms with Crippen LogP contribution in [0.15, 0.2) is 86.9 Å². The Kier molecular flexibility index (Phi) is 8.85. The van der Waals surface area contributed by atoms with Crippen LogP contribution in [0.1, 0.15) is 18.1 Å². The van der Waals surface area contributed by atoms with Gasteiger partial charge in [-0.25, -0.2) is 14.4 Å². The van der Waals surface area contributed by atoms with E-state index in [1.54, 1.807) is 31.2 Å². The number of benzene rings is 3. The quantitative estimate of drug-likeness (QED) is 0.151. The zero-order valence-corrected chi connectivity index (χ0v) is 22.1. The summed E-state index contributed by atoms with van der Waals surface area (Å²) >= 11 is 7.28. The van der Waals surface area contributed by atoms with Crippen molar-refractivity contribution in [2.75, 3.05) is 4.90 Å². The van der Waals surface area contributed by atoms with E-state index in [9.17, 15) is 22.4 Å². The van der Waals surface area contributed by atoms with E-state index in [1.807, 2.05) is 0 Å². The summed E-state index contributed by atoms with van der Waals surface area (Å²) < 4.78 is 55.0. The number of hydrogen-bond acceptors (Lipinski definition) is 6. The lowest BCUT2D eigenvalue weighted by Crippen LogP contribution is -2.32. The first-order valence-corrected chi connectivity index (χ1v) is 12.7. The van der Waals surface area contributed by atoms with Gasteiger partial charge < -0.3 is 10.5 Å². The largest absolute Gasteiger partial charge is 0.573 e.